The number of nitrogens with zero attached hydrogens (tertiary/aromatic N) is 1. The lowest BCUT2D eigenvalue weighted by Gasteiger charge is -1.94. The molecule has 6 heteroatoms. The number of primary amides is 1. The molecule has 0 atom stereocenters. The molecule has 0 radical (unpaired) electrons. The maximum atomic E-state index is 10.6. The van der Waals surface area contributed by atoms with Gasteiger partial charge in [0.05, 0.1) is 6.42 Å². The molecule has 3 N–H and O–H groups in total. The van der Waals surface area contributed by atoms with Crippen molar-refractivity contribution in [1.82, 2.24) is 9.55 Å². The van der Waals surface area contributed by atoms with Crippen molar-refractivity contribution in [3.63, 3.8) is 0 Å². The molecule has 0 aliphatic heterocycles. The molecule has 0 saturated carbocycles. The van der Waals surface area contributed by atoms with Gasteiger partial charge in [-0.3, -0.25) is 4.79 Å². The van der Waals surface area contributed by atoms with E-state index < -0.39 is 0 Å². The minimum absolute atomic E-state index is 0.179. The Balaban J connectivity index is 2.82. The molecule has 0 fully saturated rings. The zero-order valence-electron chi connectivity index (χ0n) is 6.92. The molecule has 72 valence electrons. The van der Waals surface area contributed by atoms with Crippen LogP contribution in [0.5, 0.6) is 0 Å². The zero-order chi connectivity index (χ0) is 9.84. The van der Waals surface area contributed by atoms with E-state index in [-0.39, 0.29) is 12.3 Å². The molecule has 1 rings (SSSR count). The molecule has 0 aliphatic rings. The van der Waals surface area contributed by atoms with E-state index in [0.717, 1.165) is 5.69 Å². The molecule has 0 spiro atoms. The summed E-state index contributed by atoms with van der Waals surface area (Å²) in [5, 5.41) is 0. The number of imidazole rings is 1. The topological polar surface area (TPSA) is 63.8 Å². The molecule has 1 heterocycles. The van der Waals surface area contributed by atoms with Gasteiger partial charge in [0, 0.05) is 24.3 Å². The van der Waals surface area contributed by atoms with E-state index in [2.05, 4.69) is 4.98 Å². The van der Waals surface area contributed by atoms with Crippen LogP contribution in [-0.2, 0) is 17.8 Å². The highest BCUT2D eigenvalue weighted by Gasteiger charge is 2.02. The Hall–Kier alpha value is -0.810. The number of halogens is 1. The third-order valence-corrected chi connectivity index (χ3v) is 2.04. The summed E-state index contributed by atoms with van der Waals surface area (Å²) in [7, 11) is 0. The molecular weight excluding hydrogens is 210 g/mol. The minimum atomic E-state index is -0.380. The van der Waals surface area contributed by atoms with Gasteiger partial charge in [0.25, 0.3) is 0 Å². The van der Waals surface area contributed by atoms with Crippen molar-refractivity contribution in [3.8, 4) is 0 Å². The summed E-state index contributed by atoms with van der Waals surface area (Å²) in [6.45, 7) is 0.635. The molecule has 1 aromatic heterocycles. The van der Waals surface area contributed by atoms with Gasteiger partial charge in [-0.1, -0.05) is 0 Å². The predicted octanol–water partition coefficient (Wildman–Crippen LogP) is 0.812. The first kappa shape index (κ1) is 10.3. The first-order valence-electron chi connectivity index (χ1n) is 3.76. The number of aromatic nitrogens is 2. The average Bonchev–Trinajstić information content (AvgIpc) is 2.31. The number of aromatic amines is 1. The monoisotopic (exact) mass is 219 g/mol. The van der Waals surface area contributed by atoms with E-state index in [1.807, 2.05) is 0 Å². The number of carbonyl (C=O) groups is 1. The minimum Gasteiger partial charge on any atom is -0.369 e. The molecule has 1 aromatic rings. The Morgan fingerprint density at radius 1 is 1.77 bits per heavy atom. The molecule has 0 aromatic carbocycles. The summed E-state index contributed by atoms with van der Waals surface area (Å²) >= 11 is 10.5. The molecule has 13 heavy (non-hydrogen) atoms. The fourth-order valence-electron chi connectivity index (χ4n) is 1.02. The average molecular weight is 220 g/mol. The third-order valence-electron chi connectivity index (χ3n) is 1.53. The lowest BCUT2D eigenvalue weighted by Crippen LogP contribution is -2.13. The van der Waals surface area contributed by atoms with E-state index in [0.29, 0.717) is 17.2 Å². The third kappa shape index (κ3) is 2.86. The largest absolute Gasteiger partial charge is 0.369 e. The molecule has 0 bridgehead atoms. The van der Waals surface area contributed by atoms with Crippen molar-refractivity contribution in [2.75, 3.05) is 5.88 Å². The van der Waals surface area contributed by atoms with E-state index >= 15 is 0 Å². The number of hydrogen-bond acceptors (Lipinski definition) is 2. The Kier molecular flexibility index (Phi) is 3.50. The van der Waals surface area contributed by atoms with Crippen molar-refractivity contribution in [1.29, 1.82) is 0 Å². The number of amides is 1. The number of hydrogen-bond donors (Lipinski definition) is 2. The summed E-state index contributed by atoms with van der Waals surface area (Å²) in [4.78, 5) is 13.5. The second-order valence-electron chi connectivity index (χ2n) is 2.61. The summed E-state index contributed by atoms with van der Waals surface area (Å²) in [5.74, 6) is 0.108. The summed E-state index contributed by atoms with van der Waals surface area (Å²) in [6.07, 6.45) is 1.94. The maximum absolute atomic E-state index is 10.6. The highest BCUT2D eigenvalue weighted by atomic mass is 35.5. The van der Waals surface area contributed by atoms with E-state index in [9.17, 15) is 4.79 Å². The van der Waals surface area contributed by atoms with Crippen LogP contribution in [0.1, 0.15) is 5.69 Å². The summed E-state index contributed by atoms with van der Waals surface area (Å²) in [6, 6.07) is 0. The molecule has 0 aliphatic carbocycles. The number of alkyl halides is 1. The highest BCUT2D eigenvalue weighted by Crippen LogP contribution is 2.00. The first-order valence-corrected chi connectivity index (χ1v) is 4.70. The van der Waals surface area contributed by atoms with Crippen LogP contribution in [0.25, 0.3) is 0 Å². The van der Waals surface area contributed by atoms with Crippen LogP contribution in [0.15, 0.2) is 6.20 Å². The number of rotatable bonds is 4. The lowest BCUT2D eigenvalue weighted by atomic mass is 10.3. The lowest BCUT2D eigenvalue weighted by molar-refractivity contribution is -0.117. The van der Waals surface area contributed by atoms with Crippen molar-refractivity contribution >= 4 is 29.7 Å². The first-order chi connectivity index (χ1) is 6.13. The molecular formula is C7H10ClN3OS. The van der Waals surface area contributed by atoms with E-state index in [4.69, 9.17) is 29.6 Å². The van der Waals surface area contributed by atoms with Crippen LogP contribution >= 0.6 is 23.8 Å². The van der Waals surface area contributed by atoms with E-state index in [1.54, 1.807) is 10.8 Å². The van der Waals surface area contributed by atoms with Crippen LogP contribution < -0.4 is 5.73 Å². The fourth-order valence-corrected chi connectivity index (χ4v) is 1.48. The summed E-state index contributed by atoms with van der Waals surface area (Å²) < 4.78 is 2.34. The van der Waals surface area contributed by atoms with Crippen LogP contribution in [0.2, 0.25) is 0 Å². The van der Waals surface area contributed by atoms with Gasteiger partial charge >= 0.3 is 0 Å². The van der Waals surface area contributed by atoms with Gasteiger partial charge in [-0.25, -0.2) is 0 Å². The number of carbonyl (C=O) groups excluding carboxylic acids is 1. The van der Waals surface area contributed by atoms with E-state index in [1.165, 1.54) is 0 Å². The van der Waals surface area contributed by atoms with Crippen LogP contribution in [0.3, 0.4) is 0 Å². The highest BCUT2D eigenvalue weighted by molar-refractivity contribution is 7.71. The van der Waals surface area contributed by atoms with Gasteiger partial charge in [-0.05, 0) is 12.2 Å². The Labute approximate surface area is 85.7 Å². The quantitative estimate of drug-likeness (QED) is 0.582. The number of aryl methyl sites for hydroxylation is 1. The van der Waals surface area contributed by atoms with Gasteiger partial charge < -0.3 is 15.3 Å². The SMILES string of the molecule is NC(=O)Cc1cn(CCCl)c(=S)[nH]1. The molecule has 0 unspecified atom stereocenters. The summed E-state index contributed by atoms with van der Waals surface area (Å²) in [5.41, 5.74) is 5.75. The van der Waals surface area contributed by atoms with Gasteiger partial charge in [-0.2, -0.15) is 0 Å². The van der Waals surface area contributed by atoms with Gasteiger partial charge in [0.1, 0.15) is 0 Å². The van der Waals surface area contributed by atoms with Crippen molar-refractivity contribution in [3.05, 3.63) is 16.7 Å². The van der Waals surface area contributed by atoms with Crippen molar-refractivity contribution < 1.29 is 4.79 Å². The Bertz CT molecular complexity index is 357. The van der Waals surface area contributed by atoms with Crippen LogP contribution in [0.4, 0.5) is 0 Å². The normalized spacial score (nSPS) is 10.2. The fraction of sp³-hybridized carbons (Fsp3) is 0.429. The van der Waals surface area contributed by atoms with Crippen LogP contribution in [0, 0.1) is 4.77 Å². The van der Waals surface area contributed by atoms with Gasteiger partial charge in [0.2, 0.25) is 5.91 Å². The predicted molar refractivity (Wildman–Crippen MR) is 53.2 cm³/mol. The molecule has 0 saturated heterocycles. The second kappa shape index (κ2) is 4.43. The maximum Gasteiger partial charge on any atom is 0.223 e. The number of nitrogens with two attached hydrogens (primary N) is 1. The number of H-pyrrole nitrogens is 1. The standard InChI is InChI=1S/C7H10ClN3OS/c8-1-2-11-4-5(3-6(9)12)10-7(11)13/h4H,1-3H2,(H2,9,12)(H,10,13). The Morgan fingerprint density at radius 3 is 3.00 bits per heavy atom. The second-order valence-corrected chi connectivity index (χ2v) is 3.37. The van der Waals surface area contributed by atoms with Crippen molar-refractivity contribution in [2.24, 2.45) is 5.73 Å². The van der Waals surface area contributed by atoms with Gasteiger partial charge in [0.15, 0.2) is 4.77 Å². The Morgan fingerprint density at radius 2 is 2.46 bits per heavy atom. The van der Waals surface area contributed by atoms with Gasteiger partial charge in [-0.15, -0.1) is 11.6 Å². The van der Waals surface area contributed by atoms with Crippen LogP contribution in [-0.4, -0.2) is 21.3 Å². The van der Waals surface area contributed by atoms with Crippen molar-refractivity contribution in [2.45, 2.75) is 13.0 Å². The molecule has 4 nitrogen and oxygen atoms in total. The zero-order valence-corrected chi connectivity index (χ0v) is 8.49. The number of nitrogens with one attached hydrogen (secondary N) is 1. The molecule has 1 amide bonds. The smallest absolute Gasteiger partial charge is 0.223 e.